The second-order valence-electron chi connectivity index (χ2n) is 8.54. The van der Waals surface area contributed by atoms with Crippen molar-refractivity contribution in [3.63, 3.8) is 0 Å². The average molecular weight is 411 g/mol. The summed E-state index contributed by atoms with van der Waals surface area (Å²) >= 11 is 1.51. The van der Waals surface area contributed by atoms with Gasteiger partial charge in [-0.3, -0.25) is 14.4 Å². The van der Waals surface area contributed by atoms with Crippen molar-refractivity contribution in [2.75, 3.05) is 13.2 Å². The van der Waals surface area contributed by atoms with Crippen LogP contribution in [-0.4, -0.2) is 79.1 Å². The van der Waals surface area contributed by atoms with Crippen LogP contribution >= 0.6 is 11.8 Å². The molecule has 0 saturated carbocycles. The SMILES string of the molecule is C=CCN(C(=O)C1N([C@H](C)CO)C(=O)[C@@H]2[C@@H](C(=O)O)[C@H]3CC(C)C12S3)C(C)C. The molecule has 7 nitrogen and oxygen atoms in total. The van der Waals surface area contributed by atoms with Crippen LogP contribution in [0.25, 0.3) is 0 Å². The van der Waals surface area contributed by atoms with Crippen LogP contribution in [0.2, 0.25) is 0 Å². The van der Waals surface area contributed by atoms with E-state index in [1.54, 1.807) is 17.9 Å². The van der Waals surface area contributed by atoms with Crippen LogP contribution < -0.4 is 0 Å². The first-order valence-corrected chi connectivity index (χ1v) is 10.8. The van der Waals surface area contributed by atoms with Crippen molar-refractivity contribution >= 4 is 29.5 Å². The average Bonchev–Trinajstić information content (AvgIpc) is 3.22. The molecular formula is C20H30N2O5S. The molecule has 3 fully saturated rings. The highest BCUT2D eigenvalue weighted by Gasteiger charge is 2.76. The fourth-order valence-electron chi connectivity index (χ4n) is 5.43. The molecule has 7 atom stereocenters. The normalized spacial score (nSPS) is 37.3. The molecule has 0 aromatic rings. The Labute approximate surface area is 170 Å². The van der Waals surface area contributed by atoms with Gasteiger partial charge >= 0.3 is 5.97 Å². The van der Waals surface area contributed by atoms with E-state index in [-0.39, 0.29) is 35.6 Å². The van der Waals surface area contributed by atoms with Gasteiger partial charge in [-0.15, -0.1) is 18.3 Å². The number of amides is 2. The number of fused-ring (bicyclic) bond motifs is 1. The Hall–Kier alpha value is -1.54. The van der Waals surface area contributed by atoms with E-state index in [1.807, 2.05) is 20.8 Å². The van der Waals surface area contributed by atoms with E-state index >= 15 is 0 Å². The summed E-state index contributed by atoms with van der Waals surface area (Å²) < 4.78 is -0.764. The molecule has 8 heteroatoms. The molecule has 3 heterocycles. The van der Waals surface area contributed by atoms with Crippen molar-refractivity contribution in [3.05, 3.63) is 12.7 Å². The second-order valence-corrected chi connectivity index (χ2v) is 10.1. The molecule has 0 radical (unpaired) electrons. The third kappa shape index (κ3) is 2.71. The molecule has 156 valence electrons. The Morgan fingerprint density at radius 1 is 1.43 bits per heavy atom. The van der Waals surface area contributed by atoms with E-state index in [1.165, 1.54) is 16.7 Å². The van der Waals surface area contributed by atoms with Crippen LogP contribution in [-0.2, 0) is 14.4 Å². The molecule has 0 aliphatic carbocycles. The predicted molar refractivity (Wildman–Crippen MR) is 107 cm³/mol. The molecule has 0 aromatic carbocycles. The molecule has 3 saturated heterocycles. The molecule has 1 spiro atoms. The molecule has 2 N–H and O–H groups in total. The third-order valence-corrected chi connectivity index (χ3v) is 8.75. The number of likely N-dealkylation sites (tertiary alicyclic amines) is 1. The number of aliphatic carboxylic acids is 1. The summed E-state index contributed by atoms with van der Waals surface area (Å²) in [4.78, 5) is 42.4. The van der Waals surface area contributed by atoms with E-state index in [0.717, 1.165) is 0 Å². The maximum atomic E-state index is 13.7. The number of carbonyl (C=O) groups is 3. The van der Waals surface area contributed by atoms with Crippen LogP contribution in [0.1, 0.15) is 34.1 Å². The summed E-state index contributed by atoms with van der Waals surface area (Å²) in [6, 6.07) is -1.42. The lowest BCUT2D eigenvalue weighted by atomic mass is 9.66. The van der Waals surface area contributed by atoms with Gasteiger partial charge in [0.1, 0.15) is 6.04 Å². The number of carboxylic acid groups (broad SMARTS) is 1. The van der Waals surface area contributed by atoms with Crippen LogP contribution in [0.3, 0.4) is 0 Å². The van der Waals surface area contributed by atoms with Gasteiger partial charge in [-0.1, -0.05) is 13.0 Å². The standard InChI is InChI=1S/C20H30N2O5S/c1-6-7-21(10(2)3)18(25)16-20-11(4)8-13(28-20)14(19(26)27)15(20)17(24)22(16)12(5)9-23/h6,10-16,23H,1,7-9H2,2-5H3,(H,26,27)/t11?,12-,13-,14+,15+,16?,20?/m1/s1. The first kappa shape index (κ1) is 21.2. The first-order chi connectivity index (χ1) is 13.1. The number of carboxylic acids is 1. The van der Waals surface area contributed by atoms with Gasteiger partial charge in [-0.05, 0) is 33.1 Å². The largest absolute Gasteiger partial charge is 0.481 e. The zero-order chi connectivity index (χ0) is 21.0. The van der Waals surface area contributed by atoms with Gasteiger partial charge in [0.2, 0.25) is 11.8 Å². The van der Waals surface area contributed by atoms with Crippen LogP contribution in [0.15, 0.2) is 12.7 Å². The summed E-state index contributed by atoms with van der Waals surface area (Å²) in [5.41, 5.74) is 0. The minimum Gasteiger partial charge on any atom is -0.481 e. The van der Waals surface area contributed by atoms with Crippen LogP contribution in [0.5, 0.6) is 0 Å². The van der Waals surface area contributed by atoms with Crippen LogP contribution in [0, 0.1) is 17.8 Å². The monoisotopic (exact) mass is 410 g/mol. The van der Waals surface area contributed by atoms with Crippen molar-refractivity contribution in [2.45, 2.75) is 62.2 Å². The predicted octanol–water partition coefficient (Wildman–Crippen LogP) is 1.21. The summed E-state index contributed by atoms with van der Waals surface area (Å²) in [5.74, 6) is -2.94. The Kier molecular flexibility index (Phi) is 5.57. The number of rotatable bonds is 7. The number of aliphatic hydroxyl groups is 1. The van der Waals surface area contributed by atoms with Gasteiger partial charge in [-0.2, -0.15) is 0 Å². The highest BCUT2D eigenvalue weighted by molar-refractivity contribution is 8.02. The smallest absolute Gasteiger partial charge is 0.308 e. The van der Waals surface area contributed by atoms with Gasteiger partial charge in [0, 0.05) is 17.8 Å². The molecule has 3 rings (SSSR count). The quantitative estimate of drug-likeness (QED) is 0.612. The van der Waals surface area contributed by atoms with Gasteiger partial charge in [0.15, 0.2) is 0 Å². The first-order valence-electron chi connectivity index (χ1n) is 9.88. The Bertz CT molecular complexity index is 698. The lowest BCUT2D eigenvalue weighted by Gasteiger charge is -2.42. The number of thioether (sulfide) groups is 1. The topological polar surface area (TPSA) is 98.2 Å². The molecule has 3 aliphatic heterocycles. The molecule has 2 amide bonds. The molecule has 3 unspecified atom stereocenters. The molecule has 2 bridgehead atoms. The number of hydrogen-bond acceptors (Lipinski definition) is 5. The number of hydrogen-bond donors (Lipinski definition) is 2. The minimum absolute atomic E-state index is 0.0367. The Balaban J connectivity index is 2.14. The van der Waals surface area contributed by atoms with Crippen molar-refractivity contribution in [3.8, 4) is 0 Å². The van der Waals surface area contributed by atoms with E-state index in [2.05, 4.69) is 6.58 Å². The number of carbonyl (C=O) groups excluding carboxylic acids is 2. The van der Waals surface area contributed by atoms with Crippen molar-refractivity contribution in [2.24, 2.45) is 17.8 Å². The van der Waals surface area contributed by atoms with E-state index in [4.69, 9.17) is 0 Å². The Morgan fingerprint density at radius 3 is 2.57 bits per heavy atom. The maximum absolute atomic E-state index is 13.7. The third-order valence-electron chi connectivity index (χ3n) is 6.67. The molecule has 3 aliphatic rings. The van der Waals surface area contributed by atoms with Gasteiger partial charge in [0.25, 0.3) is 0 Å². The van der Waals surface area contributed by atoms with E-state index in [0.29, 0.717) is 13.0 Å². The molecule has 0 aromatic heterocycles. The second kappa shape index (κ2) is 7.37. The fourth-order valence-corrected chi connectivity index (χ4v) is 7.83. The van der Waals surface area contributed by atoms with E-state index < -0.39 is 34.6 Å². The van der Waals surface area contributed by atoms with Crippen molar-refractivity contribution in [1.29, 1.82) is 0 Å². The van der Waals surface area contributed by atoms with Gasteiger partial charge < -0.3 is 20.0 Å². The van der Waals surface area contributed by atoms with Gasteiger partial charge in [0.05, 0.1) is 29.2 Å². The van der Waals surface area contributed by atoms with Crippen molar-refractivity contribution < 1.29 is 24.6 Å². The Morgan fingerprint density at radius 2 is 2.07 bits per heavy atom. The highest BCUT2D eigenvalue weighted by Crippen LogP contribution is 2.68. The van der Waals surface area contributed by atoms with E-state index in [9.17, 15) is 24.6 Å². The number of aliphatic hydroxyl groups excluding tert-OH is 1. The summed E-state index contributed by atoms with van der Waals surface area (Å²) in [6.07, 6.45) is 2.34. The summed E-state index contributed by atoms with van der Waals surface area (Å²) in [7, 11) is 0. The lowest BCUT2D eigenvalue weighted by Crippen LogP contribution is -2.59. The van der Waals surface area contributed by atoms with Crippen LogP contribution in [0.4, 0.5) is 0 Å². The highest BCUT2D eigenvalue weighted by atomic mass is 32.2. The minimum atomic E-state index is -0.971. The zero-order valence-corrected chi connectivity index (χ0v) is 17.7. The number of nitrogens with zero attached hydrogens (tertiary/aromatic N) is 2. The van der Waals surface area contributed by atoms with Crippen molar-refractivity contribution in [1.82, 2.24) is 9.80 Å². The lowest BCUT2D eigenvalue weighted by molar-refractivity contribution is -0.150. The van der Waals surface area contributed by atoms with Gasteiger partial charge in [-0.25, -0.2) is 0 Å². The maximum Gasteiger partial charge on any atom is 0.308 e. The fraction of sp³-hybridized carbons (Fsp3) is 0.750. The zero-order valence-electron chi connectivity index (χ0n) is 16.9. The molecule has 28 heavy (non-hydrogen) atoms. The summed E-state index contributed by atoms with van der Waals surface area (Å²) in [6.45, 7) is 11.4. The molecular weight excluding hydrogens is 380 g/mol. The summed E-state index contributed by atoms with van der Waals surface area (Å²) in [5, 5.41) is 19.4.